The molecule has 8 rings (SSSR count). The third kappa shape index (κ3) is 8.04. The molecule has 302 valence electrons. The van der Waals surface area contributed by atoms with Crippen molar-refractivity contribution in [1.82, 2.24) is 29.7 Å². The van der Waals surface area contributed by atoms with Gasteiger partial charge in [0.05, 0.1) is 24.6 Å². The predicted molar refractivity (Wildman–Crippen MR) is 208 cm³/mol. The summed E-state index contributed by atoms with van der Waals surface area (Å²) in [6, 6.07) is 16.1. The zero-order valence-electron chi connectivity index (χ0n) is 32.0. The number of carbonyl (C=O) groups is 1. The number of β-amino-alcohol motifs (C(OH)–C–C–N with tert-alkyl or cyclic N) is 1. The van der Waals surface area contributed by atoms with Crippen LogP contribution in [-0.4, -0.2) is 86.8 Å². The van der Waals surface area contributed by atoms with Crippen molar-refractivity contribution in [2.45, 2.75) is 58.9 Å². The highest BCUT2D eigenvalue weighted by Gasteiger charge is 2.30. The van der Waals surface area contributed by atoms with Gasteiger partial charge in [-0.1, -0.05) is 24.3 Å². The van der Waals surface area contributed by atoms with Crippen molar-refractivity contribution in [2.24, 2.45) is 5.92 Å². The number of hydrogen-bond donors (Lipinski definition) is 2. The van der Waals surface area contributed by atoms with Gasteiger partial charge < -0.3 is 24.3 Å². The highest BCUT2D eigenvalue weighted by molar-refractivity contribution is 5.89. The Balaban J connectivity index is 1.09. The second kappa shape index (κ2) is 16.3. The molecule has 0 saturated carbocycles. The van der Waals surface area contributed by atoms with Gasteiger partial charge in [0.15, 0.2) is 17.2 Å². The van der Waals surface area contributed by atoms with Crippen LogP contribution in [-0.2, 0) is 22.6 Å². The number of pyridine rings is 1. The van der Waals surface area contributed by atoms with Gasteiger partial charge in [-0.2, -0.15) is 8.78 Å². The Labute approximate surface area is 330 Å². The molecule has 2 aliphatic rings. The van der Waals surface area contributed by atoms with Gasteiger partial charge in [0.25, 0.3) is 6.43 Å². The van der Waals surface area contributed by atoms with Crippen LogP contribution in [0, 0.1) is 19.8 Å². The number of rotatable bonds is 12. The Bertz CT molecular complexity index is 2500. The number of benzene rings is 3. The second-order valence-corrected chi connectivity index (χ2v) is 14.8. The number of likely N-dealkylation sites (tertiary alicyclic amines) is 2. The molecule has 0 bridgehead atoms. The first-order chi connectivity index (χ1) is 27.9. The molecule has 2 N–H and O–H groups in total. The fourth-order valence-corrected chi connectivity index (χ4v) is 7.93. The summed E-state index contributed by atoms with van der Waals surface area (Å²) >= 11 is 0. The van der Waals surface area contributed by atoms with Crippen molar-refractivity contribution in [3.8, 4) is 28.3 Å². The summed E-state index contributed by atoms with van der Waals surface area (Å²) in [4.78, 5) is 33.8. The number of anilines is 2. The van der Waals surface area contributed by atoms with Gasteiger partial charge in [-0.15, -0.1) is 0 Å². The molecule has 2 aliphatic heterocycles. The standard InChI is InChI=1S/C42H41F4N7O5/c1-22-28(6-4-8-30(22)40-50-32-15-26(34(58-42(45)46)16-35(32)57-40)20-53-12-10-25(19-53)41(55)56-3)29-7-5-9-31(23(29)2)48-38-36-33(49-39(51-38)37(43)44)14-24(17-47-36)18-52-13-11-27(54)21-52/h4-9,14-17,25,27,37,42,54H,10-13,18-21H2,1-3H3,(H,48,49,51). The Hall–Kier alpha value is -5.71. The number of methoxy groups -OCH3 is 1. The Morgan fingerprint density at radius 3 is 2.40 bits per heavy atom. The van der Waals surface area contributed by atoms with Gasteiger partial charge in [-0.25, -0.2) is 23.7 Å². The van der Waals surface area contributed by atoms with Crippen LogP contribution in [0.3, 0.4) is 0 Å². The van der Waals surface area contributed by atoms with Crippen molar-refractivity contribution in [1.29, 1.82) is 0 Å². The fourth-order valence-electron chi connectivity index (χ4n) is 7.93. The minimum absolute atomic E-state index is 0.0345. The average molecular weight is 800 g/mol. The number of nitrogens with zero attached hydrogens (tertiary/aromatic N) is 6. The number of aliphatic hydroxyl groups is 1. The number of esters is 1. The van der Waals surface area contributed by atoms with E-state index in [0.29, 0.717) is 66.9 Å². The number of halogens is 4. The summed E-state index contributed by atoms with van der Waals surface area (Å²) in [5.41, 5.74) is 7.26. The molecule has 3 aromatic heterocycles. The van der Waals surface area contributed by atoms with Crippen LogP contribution in [0.15, 0.2) is 65.2 Å². The second-order valence-electron chi connectivity index (χ2n) is 14.8. The van der Waals surface area contributed by atoms with Crippen LogP contribution in [0.5, 0.6) is 5.75 Å². The normalized spacial score (nSPS) is 17.6. The van der Waals surface area contributed by atoms with Gasteiger partial charge in [0.2, 0.25) is 5.89 Å². The highest BCUT2D eigenvalue weighted by Crippen LogP contribution is 2.39. The quantitative estimate of drug-likeness (QED) is 0.0918. The zero-order valence-corrected chi connectivity index (χ0v) is 32.0. The van der Waals surface area contributed by atoms with E-state index in [1.54, 1.807) is 18.3 Å². The van der Waals surface area contributed by atoms with E-state index in [9.17, 15) is 27.5 Å². The molecule has 2 unspecified atom stereocenters. The van der Waals surface area contributed by atoms with E-state index in [4.69, 9.17) is 18.9 Å². The van der Waals surface area contributed by atoms with E-state index in [2.05, 4.69) is 25.2 Å². The van der Waals surface area contributed by atoms with E-state index >= 15 is 0 Å². The molecule has 0 spiro atoms. The van der Waals surface area contributed by atoms with Crippen molar-refractivity contribution in [3.05, 3.63) is 88.9 Å². The maximum atomic E-state index is 14.1. The smallest absolute Gasteiger partial charge is 0.387 e. The SMILES string of the molecule is COC(=O)C1CCN(Cc2cc3nc(-c4cccc(-c5cccc(Nc6nc(C(F)F)nc7cc(CN8CCC(O)C8)cnc67)c5C)c4C)oc3cc2OC(F)F)C1. The molecular formula is C42H41F4N7O5. The molecule has 5 heterocycles. The lowest BCUT2D eigenvalue weighted by atomic mass is 9.93. The molecule has 2 saturated heterocycles. The molecule has 0 aliphatic carbocycles. The molecule has 2 atom stereocenters. The highest BCUT2D eigenvalue weighted by atomic mass is 19.3. The Morgan fingerprint density at radius 1 is 0.914 bits per heavy atom. The lowest BCUT2D eigenvalue weighted by Crippen LogP contribution is -2.24. The number of fused-ring (bicyclic) bond motifs is 2. The number of carbonyl (C=O) groups excluding carboxylic acids is 1. The van der Waals surface area contributed by atoms with Crippen molar-refractivity contribution in [3.63, 3.8) is 0 Å². The Morgan fingerprint density at radius 2 is 1.66 bits per heavy atom. The maximum Gasteiger partial charge on any atom is 0.387 e. The molecule has 12 nitrogen and oxygen atoms in total. The summed E-state index contributed by atoms with van der Waals surface area (Å²) in [6.07, 6.45) is -0.342. The summed E-state index contributed by atoms with van der Waals surface area (Å²) in [5.74, 6) is -0.822. The van der Waals surface area contributed by atoms with Crippen molar-refractivity contribution < 1.29 is 41.4 Å². The lowest BCUT2D eigenvalue weighted by molar-refractivity contribution is -0.144. The topological polar surface area (TPSA) is 139 Å². The van der Waals surface area contributed by atoms with Gasteiger partial charge in [0, 0.05) is 61.8 Å². The van der Waals surface area contributed by atoms with Crippen molar-refractivity contribution in [2.75, 3.05) is 38.6 Å². The number of oxazole rings is 1. The van der Waals surface area contributed by atoms with Gasteiger partial charge >= 0.3 is 12.6 Å². The monoisotopic (exact) mass is 799 g/mol. The van der Waals surface area contributed by atoms with E-state index in [0.717, 1.165) is 34.4 Å². The molecular weight excluding hydrogens is 758 g/mol. The average Bonchev–Trinajstić information content (AvgIpc) is 3.95. The van der Waals surface area contributed by atoms with Crippen LogP contribution in [0.25, 0.3) is 44.7 Å². The number of alkyl halides is 4. The number of ether oxygens (including phenoxy) is 2. The van der Waals surface area contributed by atoms with Crippen LogP contribution in [0.2, 0.25) is 0 Å². The van der Waals surface area contributed by atoms with E-state index in [1.807, 2.05) is 55.1 Å². The summed E-state index contributed by atoms with van der Waals surface area (Å²) in [6.45, 7) is 3.84. The molecule has 6 aromatic rings. The lowest BCUT2D eigenvalue weighted by Gasteiger charge is -2.18. The molecule has 16 heteroatoms. The van der Waals surface area contributed by atoms with E-state index in [-0.39, 0.29) is 53.1 Å². The molecule has 0 amide bonds. The van der Waals surface area contributed by atoms with E-state index < -0.39 is 18.9 Å². The predicted octanol–water partition coefficient (Wildman–Crippen LogP) is 7.96. The van der Waals surface area contributed by atoms with Gasteiger partial charge in [0.1, 0.15) is 16.8 Å². The first-order valence-electron chi connectivity index (χ1n) is 18.9. The van der Waals surface area contributed by atoms with Crippen LogP contribution in [0.4, 0.5) is 29.1 Å². The Kier molecular flexibility index (Phi) is 11.0. The summed E-state index contributed by atoms with van der Waals surface area (Å²) in [5, 5.41) is 13.2. The minimum atomic E-state index is -3.06. The molecule has 2 fully saturated rings. The number of aromatic nitrogens is 4. The third-order valence-electron chi connectivity index (χ3n) is 10.9. The minimum Gasteiger partial charge on any atom is -0.469 e. The first kappa shape index (κ1) is 39.1. The van der Waals surface area contributed by atoms with Gasteiger partial charge in [-0.05, 0) is 85.3 Å². The third-order valence-corrected chi connectivity index (χ3v) is 10.9. The number of hydrogen-bond acceptors (Lipinski definition) is 12. The largest absolute Gasteiger partial charge is 0.469 e. The van der Waals surface area contributed by atoms with Crippen LogP contribution in [0.1, 0.15) is 47.3 Å². The van der Waals surface area contributed by atoms with Crippen LogP contribution >= 0.6 is 0 Å². The summed E-state index contributed by atoms with van der Waals surface area (Å²) < 4.78 is 71.2. The van der Waals surface area contributed by atoms with Crippen molar-refractivity contribution >= 4 is 39.6 Å². The maximum absolute atomic E-state index is 14.1. The number of aliphatic hydroxyl groups excluding tert-OH is 1. The van der Waals surface area contributed by atoms with E-state index in [1.165, 1.54) is 13.2 Å². The first-order valence-corrected chi connectivity index (χ1v) is 18.9. The fraction of sp³-hybridized carbons (Fsp3) is 0.357. The number of nitrogens with one attached hydrogen (secondary N) is 1. The molecule has 0 radical (unpaired) electrons. The van der Waals surface area contributed by atoms with Crippen LogP contribution < -0.4 is 10.1 Å². The molecule has 3 aromatic carbocycles. The zero-order chi connectivity index (χ0) is 40.7. The van der Waals surface area contributed by atoms with Gasteiger partial charge in [-0.3, -0.25) is 19.6 Å². The summed E-state index contributed by atoms with van der Waals surface area (Å²) in [7, 11) is 1.35. The molecule has 58 heavy (non-hydrogen) atoms.